The SMILES string of the molecule is CCCC1CC1NCc1ccc(F)cc1C(F)(F)F. The Hall–Kier alpha value is -1.10. The first-order valence-electron chi connectivity index (χ1n) is 6.50. The molecule has 0 bridgehead atoms. The van der Waals surface area contributed by atoms with E-state index in [1.165, 1.54) is 6.07 Å². The normalized spacial score (nSPS) is 22.6. The lowest BCUT2D eigenvalue weighted by atomic mass is 10.1. The molecule has 0 amide bonds. The largest absolute Gasteiger partial charge is 0.416 e. The van der Waals surface area contributed by atoms with Gasteiger partial charge < -0.3 is 5.32 Å². The zero-order valence-corrected chi connectivity index (χ0v) is 10.7. The summed E-state index contributed by atoms with van der Waals surface area (Å²) in [6.45, 7) is 2.23. The summed E-state index contributed by atoms with van der Waals surface area (Å²) in [5.74, 6) is -0.272. The minimum atomic E-state index is -4.51. The van der Waals surface area contributed by atoms with Gasteiger partial charge in [0.25, 0.3) is 0 Å². The van der Waals surface area contributed by atoms with Crippen molar-refractivity contribution in [1.82, 2.24) is 5.32 Å². The van der Waals surface area contributed by atoms with Crippen LogP contribution in [0.5, 0.6) is 0 Å². The summed E-state index contributed by atoms with van der Waals surface area (Å²) in [5, 5.41) is 3.12. The van der Waals surface area contributed by atoms with Gasteiger partial charge in [-0.15, -0.1) is 0 Å². The number of hydrogen-bond acceptors (Lipinski definition) is 1. The fourth-order valence-electron chi connectivity index (χ4n) is 2.40. The molecule has 2 unspecified atom stereocenters. The summed E-state index contributed by atoms with van der Waals surface area (Å²) in [6.07, 6.45) is -1.29. The van der Waals surface area contributed by atoms with Gasteiger partial charge in [0.2, 0.25) is 0 Å². The predicted octanol–water partition coefficient (Wildman–Crippen LogP) is 4.12. The van der Waals surface area contributed by atoms with Crippen LogP contribution in [-0.2, 0) is 12.7 Å². The van der Waals surface area contributed by atoms with Gasteiger partial charge in [-0.05, 0) is 36.5 Å². The minimum Gasteiger partial charge on any atom is -0.310 e. The molecule has 1 saturated carbocycles. The van der Waals surface area contributed by atoms with E-state index < -0.39 is 17.6 Å². The van der Waals surface area contributed by atoms with Gasteiger partial charge in [0.05, 0.1) is 5.56 Å². The zero-order valence-electron chi connectivity index (χ0n) is 10.7. The summed E-state index contributed by atoms with van der Waals surface area (Å²) in [4.78, 5) is 0. The van der Waals surface area contributed by atoms with Gasteiger partial charge >= 0.3 is 6.18 Å². The average molecular weight is 275 g/mol. The number of rotatable bonds is 5. The lowest BCUT2D eigenvalue weighted by Crippen LogP contribution is -2.20. The van der Waals surface area contributed by atoms with E-state index in [2.05, 4.69) is 12.2 Å². The fourth-order valence-corrected chi connectivity index (χ4v) is 2.40. The molecule has 0 saturated heterocycles. The molecule has 2 atom stereocenters. The quantitative estimate of drug-likeness (QED) is 0.797. The highest BCUT2D eigenvalue weighted by Gasteiger charge is 2.37. The second-order valence-corrected chi connectivity index (χ2v) is 5.07. The van der Waals surface area contributed by atoms with Gasteiger partial charge in [-0.25, -0.2) is 4.39 Å². The monoisotopic (exact) mass is 275 g/mol. The van der Waals surface area contributed by atoms with E-state index in [-0.39, 0.29) is 12.1 Å². The van der Waals surface area contributed by atoms with E-state index in [9.17, 15) is 17.6 Å². The van der Waals surface area contributed by atoms with Crippen molar-refractivity contribution in [2.75, 3.05) is 0 Å². The van der Waals surface area contributed by atoms with Crippen molar-refractivity contribution in [2.24, 2.45) is 5.92 Å². The highest BCUT2D eigenvalue weighted by atomic mass is 19.4. The molecule has 0 spiro atoms. The second kappa shape index (κ2) is 5.49. The van der Waals surface area contributed by atoms with Crippen molar-refractivity contribution < 1.29 is 17.6 Å². The summed E-state index contributed by atoms with van der Waals surface area (Å²) >= 11 is 0. The molecule has 1 aromatic carbocycles. The average Bonchev–Trinajstić information content (AvgIpc) is 3.05. The molecular formula is C14H17F4N. The molecule has 0 heterocycles. The maximum absolute atomic E-state index is 12.9. The van der Waals surface area contributed by atoms with Crippen molar-refractivity contribution >= 4 is 0 Å². The molecule has 0 aromatic heterocycles. The molecule has 1 aliphatic rings. The van der Waals surface area contributed by atoms with E-state index in [0.717, 1.165) is 25.3 Å². The Kier molecular flexibility index (Phi) is 4.13. The topological polar surface area (TPSA) is 12.0 Å². The molecular weight excluding hydrogens is 258 g/mol. The van der Waals surface area contributed by atoms with Gasteiger partial charge in [-0.1, -0.05) is 19.4 Å². The standard InChI is InChI=1S/C14H17F4N/c1-2-3-9-6-13(9)19-8-10-4-5-11(15)7-12(10)14(16,17)18/h4-5,7,9,13,19H,2-3,6,8H2,1H3. The van der Waals surface area contributed by atoms with Crippen LogP contribution < -0.4 is 5.32 Å². The van der Waals surface area contributed by atoms with Crippen molar-refractivity contribution in [3.8, 4) is 0 Å². The Morgan fingerprint density at radius 3 is 2.68 bits per heavy atom. The highest BCUT2D eigenvalue weighted by molar-refractivity contribution is 5.30. The van der Waals surface area contributed by atoms with Crippen molar-refractivity contribution in [3.05, 3.63) is 35.1 Å². The molecule has 1 aromatic rings. The molecule has 0 aliphatic heterocycles. The molecule has 19 heavy (non-hydrogen) atoms. The van der Waals surface area contributed by atoms with Crippen molar-refractivity contribution in [2.45, 2.75) is 44.9 Å². The second-order valence-electron chi connectivity index (χ2n) is 5.07. The van der Waals surface area contributed by atoms with Gasteiger partial charge in [0.1, 0.15) is 5.82 Å². The lowest BCUT2D eigenvalue weighted by Gasteiger charge is -2.13. The van der Waals surface area contributed by atoms with E-state index in [0.29, 0.717) is 18.0 Å². The van der Waals surface area contributed by atoms with Gasteiger partial charge in [-0.2, -0.15) is 13.2 Å². The molecule has 106 valence electrons. The first-order valence-corrected chi connectivity index (χ1v) is 6.50. The summed E-state index contributed by atoms with van der Waals surface area (Å²) in [7, 11) is 0. The zero-order chi connectivity index (χ0) is 14.0. The Bertz CT molecular complexity index is 442. The maximum Gasteiger partial charge on any atom is 0.416 e. The third kappa shape index (κ3) is 3.69. The Balaban J connectivity index is 2.01. The molecule has 0 radical (unpaired) electrons. The Morgan fingerprint density at radius 1 is 1.32 bits per heavy atom. The number of hydrogen-bond donors (Lipinski definition) is 1. The first-order chi connectivity index (χ1) is 8.91. The summed E-state index contributed by atoms with van der Waals surface area (Å²) in [6, 6.07) is 3.16. The van der Waals surface area contributed by atoms with Crippen LogP contribution in [0.2, 0.25) is 0 Å². The summed E-state index contributed by atoms with van der Waals surface area (Å²) < 4.78 is 51.2. The molecule has 1 nitrogen and oxygen atoms in total. The molecule has 1 fully saturated rings. The third-order valence-electron chi connectivity index (χ3n) is 3.51. The van der Waals surface area contributed by atoms with Crippen LogP contribution in [0.1, 0.15) is 37.3 Å². The van der Waals surface area contributed by atoms with Crippen LogP contribution >= 0.6 is 0 Å². The van der Waals surface area contributed by atoms with Crippen LogP contribution in [0, 0.1) is 11.7 Å². The highest BCUT2D eigenvalue weighted by Crippen LogP contribution is 2.36. The van der Waals surface area contributed by atoms with Crippen LogP contribution in [-0.4, -0.2) is 6.04 Å². The first kappa shape index (κ1) is 14.3. The van der Waals surface area contributed by atoms with Gasteiger partial charge in [0, 0.05) is 12.6 Å². The van der Waals surface area contributed by atoms with Gasteiger partial charge in [-0.3, -0.25) is 0 Å². The van der Waals surface area contributed by atoms with Gasteiger partial charge in [0.15, 0.2) is 0 Å². The number of benzene rings is 1. The van der Waals surface area contributed by atoms with Crippen LogP contribution in [0.4, 0.5) is 17.6 Å². The van der Waals surface area contributed by atoms with Crippen molar-refractivity contribution in [1.29, 1.82) is 0 Å². The van der Waals surface area contributed by atoms with Crippen LogP contribution in [0.15, 0.2) is 18.2 Å². The fraction of sp³-hybridized carbons (Fsp3) is 0.571. The van der Waals surface area contributed by atoms with Crippen LogP contribution in [0.25, 0.3) is 0 Å². The number of alkyl halides is 3. The predicted molar refractivity (Wildman–Crippen MR) is 65.0 cm³/mol. The van der Waals surface area contributed by atoms with Crippen LogP contribution in [0.3, 0.4) is 0 Å². The smallest absolute Gasteiger partial charge is 0.310 e. The molecule has 1 N–H and O–H groups in total. The maximum atomic E-state index is 12.9. The molecule has 5 heteroatoms. The Morgan fingerprint density at radius 2 is 2.05 bits per heavy atom. The van der Waals surface area contributed by atoms with Crippen molar-refractivity contribution in [3.63, 3.8) is 0 Å². The number of halogens is 4. The Labute approximate surface area is 110 Å². The van der Waals surface area contributed by atoms with E-state index >= 15 is 0 Å². The molecule has 2 rings (SSSR count). The minimum absolute atomic E-state index is 0.107. The van der Waals surface area contributed by atoms with E-state index in [1.54, 1.807) is 0 Å². The molecule has 1 aliphatic carbocycles. The van der Waals surface area contributed by atoms with E-state index in [1.807, 2.05) is 0 Å². The third-order valence-corrected chi connectivity index (χ3v) is 3.51. The summed E-state index contributed by atoms with van der Waals surface area (Å²) in [5.41, 5.74) is -0.774. The lowest BCUT2D eigenvalue weighted by molar-refractivity contribution is -0.138. The number of nitrogens with one attached hydrogen (secondary N) is 1. The van der Waals surface area contributed by atoms with E-state index in [4.69, 9.17) is 0 Å².